The molecule has 0 radical (unpaired) electrons. The monoisotopic (exact) mass is 423 g/mol. The van der Waals surface area contributed by atoms with Gasteiger partial charge in [0.05, 0.1) is 21.5 Å². The van der Waals surface area contributed by atoms with Crippen molar-refractivity contribution in [1.82, 2.24) is 4.98 Å². The van der Waals surface area contributed by atoms with Gasteiger partial charge in [0.15, 0.2) is 9.84 Å². The number of rotatable bonds is 8. The standard InChI is InChI=1S/C14H15Cl2N3O2S3/c15-11-2-1-10(7-12(11)16)24(20,21)9-13(17)18-3-5-22-8-14-19-4-6-23-14/h1-2,4,6-7H,3,5,8-9H2,(H2,17,18). The minimum absolute atomic E-state index is 0.0770. The molecule has 0 aliphatic carbocycles. The van der Waals surface area contributed by atoms with Crippen LogP contribution in [0, 0.1) is 0 Å². The zero-order valence-corrected chi connectivity index (χ0v) is 16.4. The van der Waals surface area contributed by atoms with Crippen LogP contribution in [0.25, 0.3) is 0 Å². The molecule has 0 amide bonds. The zero-order valence-electron chi connectivity index (χ0n) is 12.5. The molecule has 0 aliphatic rings. The maximum Gasteiger partial charge on any atom is 0.185 e. The molecule has 5 nitrogen and oxygen atoms in total. The third kappa shape index (κ3) is 5.93. The molecule has 0 saturated heterocycles. The molecule has 0 unspecified atom stereocenters. The molecule has 1 heterocycles. The first-order valence-electron chi connectivity index (χ1n) is 6.81. The largest absolute Gasteiger partial charge is 0.387 e. The summed E-state index contributed by atoms with van der Waals surface area (Å²) >= 11 is 14.9. The summed E-state index contributed by atoms with van der Waals surface area (Å²) in [6.45, 7) is 0.457. The molecule has 2 rings (SSSR count). The number of aromatic nitrogens is 1. The van der Waals surface area contributed by atoms with E-state index in [0.717, 1.165) is 16.5 Å². The summed E-state index contributed by atoms with van der Waals surface area (Å²) in [7, 11) is -3.59. The highest BCUT2D eigenvalue weighted by Crippen LogP contribution is 2.25. The molecule has 1 aromatic carbocycles. The Morgan fingerprint density at radius 2 is 2.12 bits per heavy atom. The molecule has 10 heteroatoms. The second-order valence-corrected chi connectivity index (χ2v) is 9.57. The summed E-state index contributed by atoms with van der Waals surface area (Å²) in [4.78, 5) is 8.37. The predicted octanol–water partition coefficient (Wildman–Crippen LogP) is 3.51. The van der Waals surface area contributed by atoms with Crippen molar-refractivity contribution in [1.29, 1.82) is 0 Å². The maximum absolute atomic E-state index is 12.3. The van der Waals surface area contributed by atoms with Crippen molar-refractivity contribution in [3.05, 3.63) is 44.8 Å². The molecule has 24 heavy (non-hydrogen) atoms. The molecule has 0 aliphatic heterocycles. The van der Waals surface area contributed by atoms with Crippen LogP contribution in [0.2, 0.25) is 10.0 Å². The lowest BCUT2D eigenvalue weighted by Crippen LogP contribution is -2.24. The second kappa shape index (κ2) is 9.05. The number of nitrogens with zero attached hydrogens (tertiary/aromatic N) is 2. The molecular weight excluding hydrogens is 409 g/mol. The molecule has 1 aromatic heterocycles. The van der Waals surface area contributed by atoms with Crippen LogP contribution in [0.15, 0.2) is 39.7 Å². The van der Waals surface area contributed by atoms with E-state index in [4.69, 9.17) is 28.9 Å². The zero-order chi connectivity index (χ0) is 17.6. The summed E-state index contributed by atoms with van der Waals surface area (Å²) in [5, 5.41) is 3.47. The summed E-state index contributed by atoms with van der Waals surface area (Å²) in [6, 6.07) is 4.16. The van der Waals surface area contributed by atoms with Gasteiger partial charge in [-0.2, -0.15) is 11.8 Å². The van der Waals surface area contributed by atoms with Crippen LogP contribution in [-0.4, -0.2) is 37.3 Å². The summed E-state index contributed by atoms with van der Waals surface area (Å²) in [5.41, 5.74) is 5.73. The van der Waals surface area contributed by atoms with Gasteiger partial charge in [-0.1, -0.05) is 23.2 Å². The normalized spacial score (nSPS) is 12.5. The van der Waals surface area contributed by atoms with Gasteiger partial charge < -0.3 is 5.73 Å². The van der Waals surface area contributed by atoms with Crippen molar-refractivity contribution in [2.24, 2.45) is 10.7 Å². The van der Waals surface area contributed by atoms with Crippen molar-refractivity contribution in [2.75, 3.05) is 18.1 Å². The molecule has 130 valence electrons. The number of sulfone groups is 1. The number of thiazole rings is 1. The summed E-state index contributed by atoms with van der Waals surface area (Å²) in [6.07, 6.45) is 1.77. The Hall–Kier alpha value is -0.800. The average Bonchev–Trinajstić information content (AvgIpc) is 3.02. The maximum atomic E-state index is 12.3. The number of hydrogen-bond donors (Lipinski definition) is 1. The Morgan fingerprint density at radius 3 is 2.79 bits per heavy atom. The van der Waals surface area contributed by atoms with Crippen molar-refractivity contribution in [2.45, 2.75) is 10.6 Å². The minimum atomic E-state index is -3.59. The smallest absolute Gasteiger partial charge is 0.185 e. The number of aliphatic imine (C=N–C) groups is 1. The number of hydrogen-bond acceptors (Lipinski definition) is 6. The quantitative estimate of drug-likeness (QED) is 0.398. The Balaban J connectivity index is 1.85. The molecule has 0 bridgehead atoms. The molecule has 0 fully saturated rings. The topological polar surface area (TPSA) is 85.4 Å². The van der Waals surface area contributed by atoms with E-state index in [9.17, 15) is 8.42 Å². The predicted molar refractivity (Wildman–Crippen MR) is 103 cm³/mol. The van der Waals surface area contributed by atoms with Gasteiger partial charge in [0.2, 0.25) is 0 Å². The van der Waals surface area contributed by atoms with Gasteiger partial charge in [-0.15, -0.1) is 11.3 Å². The third-order valence-electron chi connectivity index (χ3n) is 2.85. The first-order chi connectivity index (χ1) is 11.4. The lowest BCUT2D eigenvalue weighted by atomic mass is 10.4. The second-order valence-electron chi connectivity index (χ2n) is 4.69. The molecule has 2 aromatic rings. The Bertz CT molecular complexity index is 809. The van der Waals surface area contributed by atoms with Crippen LogP contribution in [0.5, 0.6) is 0 Å². The van der Waals surface area contributed by atoms with Crippen LogP contribution >= 0.6 is 46.3 Å². The molecule has 2 N–H and O–H groups in total. The van der Waals surface area contributed by atoms with Crippen LogP contribution in [0.1, 0.15) is 5.01 Å². The third-order valence-corrected chi connectivity index (χ3v) is 7.15. The molecule has 0 atom stereocenters. The van der Waals surface area contributed by atoms with Crippen molar-refractivity contribution in [3.63, 3.8) is 0 Å². The highest BCUT2D eigenvalue weighted by atomic mass is 35.5. The first-order valence-corrected chi connectivity index (χ1v) is 11.3. The van der Waals surface area contributed by atoms with E-state index in [0.29, 0.717) is 11.6 Å². The average molecular weight is 424 g/mol. The van der Waals surface area contributed by atoms with Gasteiger partial charge in [-0.3, -0.25) is 4.99 Å². The van der Waals surface area contributed by atoms with Crippen LogP contribution in [-0.2, 0) is 15.6 Å². The van der Waals surface area contributed by atoms with Crippen molar-refractivity contribution < 1.29 is 8.42 Å². The number of nitrogens with two attached hydrogens (primary N) is 1. The van der Waals surface area contributed by atoms with E-state index in [1.54, 1.807) is 29.3 Å². The Labute approximate surface area is 159 Å². The van der Waals surface area contributed by atoms with Gasteiger partial charge >= 0.3 is 0 Å². The molecule has 0 saturated carbocycles. The number of thioether (sulfide) groups is 1. The Morgan fingerprint density at radius 1 is 1.33 bits per heavy atom. The van der Waals surface area contributed by atoms with Gasteiger partial charge in [0.25, 0.3) is 0 Å². The fraction of sp³-hybridized carbons (Fsp3) is 0.286. The lowest BCUT2D eigenvalue weighted by Gasteiger charge is -2.06. The number of benzene rings is 1. The van der Waals surface area contributed by atoms with Gasteiger partial charge in [0, 0.05) is 23.1 Å². The SMILES string of the molecule is NC(CS(=O)(=O)c1ccc(Cl)c(Cl)c1)=NCCSCc1nccs1. The highest BCUT2D eigenvalue weighted by Gasteiger charge is 2.17. The molecule has 0 spiro atoms. The van der Waals surface area contributed by atoms with Crippen LogP contribution < -0.4 is 5.73 Å². The van der Waals surface area contributed by atoms with Gasteiger partial charge in [0.1, 0.15) is 16.6 Å². The fourth-order valence-electron chi connectivity index (χ4n) is 1.73. The Kier molecular flexibility index (Phi) is 7.36. The number of halogens is 2. The van der Waals surface area contributed by atoms with Crippen molar-refractivity contribution in [3.8, 4) is 0 Å². The number of amidine groups is 1. The van der Waals surface area contributed by atoms with E-state index in [2.05, 4.69) is 9.98 Å². The van der Waals surface area contributed by atoms with E-state index in [1.807, 2.05) is 5.38 Å². The first kappa shape index (κ1) is 19.5. The van der Waals surface area contributed by atoms with Crippen LogP contribution in [0.4, 0.5) is 0 Å². The van der Waals surface area contributed by atoms with Crippen molar-refractivity contribution >= 4 is 62.0 Å². The van der Waals surface area contributed by atoms with Gasteiger partial charge in [-0.25, -0.2) is 13.4 Å². The van der Waals surface area contributed by atoms with E-state index in [-0.39, 0.29) is 21.5 Å². The minimum Gasteiger partial charge on any atom is -0.387 e. The van der Waals surface area contributed by atoms with Gasteiger partial charge in [-0.05, 0) is 18.2 Å². The fourth-order valence-corrected chi connectivity index (χ4v) is 4.85. The lowest BCUT2D eigenvalue weighted by molar-refractivity contribution is 0.599. The highest BCUT2D eigenvalue weighted by molar-refractivity contribution is 7.98. The molecular formula is C14H15Cl2N3O2S3. The summed E-state index contributed by atoms with van der Waals surface area (Å²) < 4.78 is 24.6. The van der Waals surface area contributed by atoms with E-state index < -0.39 is 9.84 Å². The van der Waals surface area contributed by atoms with Crippen LogP contribution in [0.3, 0.4) is 0 Å². The summed E-state index contributed by atoms with van der Waals surface area (Å²) in [5.74, 6) is 1.29. The van der Waals surface area contributed by atoms with E-state index >= 15 is 0 Å². The van der Waals surface area contributed by atoms with E-state index in [1.165, 1.54) is 18.2 Å².